The zero-order valence-electron chi connectivity index (χ0n) is 9.85. The molecule has 0 saturated carbocycles. The van der Waals surface area contributed by atoms with Crippen LogP contribution in [0.5, 0.6) is 0 Å². The summed E-state index contributed by atoms with van der Waals surface area (Å²) in [5.74, 6) is -1.02. The number of amides is 1. The number of carboxylic acid groups (broad SMARTS) is 1. The van der Waals surface area contributed by atoms with Crippen LogP contribution in [0.4, 0.5) is 0 Å². The van der Waals surface area contributed by atoms with E-state index in [4.69, 9.17) is 5.11 Å². The van der Waals surface area contributed by atoms with Crippen molar-refractivity contribution in [3.63, 3.8) is 0 Å². The number of aliphatic carboxylic acids is 1. The Morgan fingerprint density at radius 3 is 2.82 bits per heavy atom. The molecule has 0 spiro atoms. The maximum absolute atomic E-state index is 11.3. The monoisotopic (exact) mass is 239 g/mol. The van der Waals surface area contributed by atoms with Crippen molar-refractivity contribution in [1.82, 2.24) is 15.1 Å². The molecule has 0 saturated heterocycles. The van der Waals surface area contributed by atoms with Gasteiger partial charge in [-0.25, -0.2) is 0 Å². The molecule has 1 amide bonds. The molecule has 0 atom stereocenters. The first-order valence-corrected chi connectivity index (χ1v) is 5.62. The summed E-state index contributed by atoms with van der Waals surface area (Å²) in [6.45, 7) is 3.17. The van der Waals surface area contributed by atoms with Crippen LogP contribution in [-0.2, 0) is 22.7 Å². The van der Waals surface area contributed by atoms with Crippen LogP contribution in [0, 0.1) is 0 Å². The molecule has 2 N–H and O–H groups in total. The minimum absolute atomic E-state index is 0.0257. The number of nitrogens with one attached hydrogen (secondary N) is 1. The van der Waals surface area contributed by atoms with Gasteiger partial charge in [-0.3, -0.25) is 14.3 Å². The van der Waals surface area contributed by atoms with E-state index < -0.39 is 5.97 Å². The molecule has 0 aliphatic heterocycles. The first kappa shape index (κ1) is 13.2. The lowest BCUT2D eigenvalue weighted by atomic mass is 10.2. The Morgan fingerprint density at radius 1 is 1.47 bits per heavy atom. The average Bonchev–Trinajstić information content (AvgIpc) is 2.73. The molecule has 6 nitrogen and oxygen atoms in total. The topological polar surface area (TPSA) is 84.2 Å². The van der Waals surface area contributed by atoms with Crippen LogP contribution in [0.15, 0.2) is 12.3 Å². The predicted molar refractivity (Wildman–Crippen MR) is 61.2 cm³/mol. The smallest absolute Gasteiger partial charge is 0.303 e. The third-order valence-electron chi connectivity index (χ3n) is 2.28. The van der Waals surface area contributed by atoms with E-state index in [0.717, 1.165) is 12.2 Å². The van der Waals surface area contributed by atoms with Crippen molar-refractivity contribution in [3.05, 3.63) is 18.0 Å². The fourth-order valence-electron chi connectivity index (χ4n) is 1.35. The van der Waals surface area contributed by atoms with Gasteiger partial charge in [0.25, 0.3) is 0 Å². The van der Waals surface area contributed by atoms with Crippen LogP contribution in [0.25, 0.3) is 0 Å². The summed E-state index contributed by atoms with van der Waals surface area (Å²) in [5.41, 5.74) is 0.804. The Balaban J connectivity index is 2.21. The zero-order chi connectivity index (χ0) is 12.7. The van der Waals surface area contributed by atoms with Crippen LogP contribution >= 0.6 is 0 Å². The van der Waals surface area contributed by atoms with E-state index in [2.05, 4.69) is 10.4 Å². The number of carbonyl (C=O) groups is 2. The molecule has 1 heterocycles. The molecule has 0 aromatic carbocycles. The fraction of sp³-hybridized carbons (Fsp3) is 0.545. The molecule has 1 aromatic heterocycles. The second-order valence-corrected chi connectivity index (χ2v) is 3.69. The number of aryl methyl sites for hydroxylation is 1. The summed E-state index contributed by atoms with van der Waals surface area (Å²) < 4.78 is 1.78. The average molecular weight is 239 g/mol. The molecule has 0 fully saturated rings. The molecule has 1 aromatic rings. The zero-order valence-corrected chi connectivity index (χ0v) is 9.85. The summed E-state index contributed by atoms with van der Waals surface area (Å²) in [5, 5.41) is 15.3. The van der Waals surface area contributed by atoms with Gasteiger partial charge in [-0.1, -0.05) is 0 Å². The fourth-order valence-corrected chi connectivity index (χ4v) is 1.35. The Hall–Kier alpha value is -1.85. The van der Waals surface area contributed by atoms with Gasteiger partial charge in [0.1, 0.15) is 0 Å². The van der Waals surface area contributed by atoms with E-state index >= 15 is 0 Å². The first-order chi connectivity index (χ1) is 8.11. The maximum Gasteiger partial charge on any atom is 0.303 e. The summed E-state index contributed by atoms with van der Waals surface area (Å²) in [4.78, 5) is 21.6. The van der Waals surface area contributed by atoms with Gasteiger partial charge >= 0.3 is 5.97 Å². The van der Waals surface area contributed by atoms with Crippen LogP contribution in [0.2, 0.25) is 0 Å². The molecule has 0 aliphatic rings. The van der Waals surface area contributed by atoms with E-state index in [1.165, 1.54) is 0 Å². The van der Waals surface area contributed by atoms with Crippen LogP contribution in [0.3, 0.4) is 0 Å². The summed E-state index contributed by atoms with van der Waals surface area (Å²) in [6, 6.07) is 1.85. The number of aromatic nitrogens is 2. The van der Waals surface area contributed by atoms with Crippen molar-refractivity contribution in [2.45, 2.75) is 39.3 Å². The molecule has 17 heavy (non-hydrogen) atoms. The first-order valence-electron chi connectivity index (χ1n) is 5.62. The number of carbonyl (C=O) groups excluding carboxylic acids is 1. The van der Waals surface area contributed by atoms with Crippen molar-refractivity contribution < 1.29 is 14.7 Å². The molecule has 0 unspecified atom stereocenters. The minimum Gasteiger partial charge on any atom is -0.481 e. The molecule has 0 aliphatic carbocycles. The Labute approximate surface area is 99.6 Å². The molecular formula is C11H17N3O3. The highest BCUT2D eigenvalue weighted by atomic mass is 16.4. The van der Waals surface area contributed by atoms with Gasteiger partial charge in [0.15, 0.2) is 0 Å². The van der Waals surface area contributed by atoms with Crippen molar-refractivity contribution in [1.29, 1.82) is 0 Å². The minimum atomic E-state index is -0.875. The predicted octanol–water partition coefficient (Wildman–Crippen LogP) is 0.774. The highest BCUT2D eigenvalue weighted by Crippen LogP contribution is 1.98. The lowest BCUT2D eigenvalue weighted by Crippen LogP contribution is -2.22. The van der Waals surface area contributed by atoms with Gasteiger partial charge in [-0.15, -0.1) is 0 Å². The molecule has 0 bridgehead atoms. The van der Waals surface area contributed by atoms with E-state index in [-0.39, 0.29) is 18.7 Å². The number of hydrogen-bond donors (Lipinski definition) is 2. The molecule has 94 valence electrons. The van der Waals surface area contributed by atoms with Crippen molar-refractivity contribution in [2.24, 2.45) is 0 Å². The highest BCUT2D eigenvalue weighted by Gasteiger charge is 2.04. The van der Waals surface area contributed by atoms with E-state index in [1.807, 2.05) is 19.2 Å². The van der Waals surface area contributed by atoms with Gasteiger partial charge in [0, 0.05) is 25.6 Å². The second kappa shape index (κ2) is 6.67. The van der Waals surface area contributed by atoms with Gasteiger partial charge < -0.3 is 10.4 Å². The highest BCUT2D eigenvalue weighted by molar-refractivity contribution is 5.76. The summed E-state index contributed by atoms with van der Waals surface area (Å²) in [6.07, 6.45) is 2.48. The van der Waals surface area contributed by atoms with Gasteiger partial charge in [-0.05, 0) is 19.4 Å². The Bertz CT molecular complexity index is 387. The molecule has 6 heteroatoms. The van der Waals surface area contributed by atoms with Crippen LogP contribution < -0.4 is 5.32 Å². The molecule has 0 radical (unpaired) electrons. The standard InChI is InChI=1S/C11H17N3O3/c1-2-14-7-6-9(13-14)8-12-10(15)4-3-5-11(16)17/h6-7H,2-5,8H2,1H3,(H,12,15)(H,16,17). The number of carboxylic acids is 1. The quantitative estimate of drug-likeness (QED) is 0.736. The van der Waals surface area contributed by atoms with Gasteiger partial charge in [-0.2, -0.15) is 5.10 Å². The summed E-state index contributed by atoms with van der Waals surface area (Å²) >= 11 is 0. The van der Waals surface area contributed by atoms with Crippen LogP contribution in [0.1, 0.15) is 31.9 Å². The van der Waals surface area contributed by atoms with Crippen molar-refractivity contribution in [3.8, 4) is 0 Å². The van der Waals surface area contributed by atoms with E-state index in [9.17, 15) is 9.59 Å². The van der Waals surface area contributed by atoms with Crippen LogP contribution in [-0.4, -0.2) is 26.8 Å². The van der Waals surface area contributed by atoms with Gasteiger partial charge in [0.05, 0.1) is 12.2 Å². The Morgan fingerprint density at radius 2 is 2.24 bits per heavy atom. The molecular weight excluding hydrogens is 222 g/mol. The molecule has 1 rings (SSSR count). The third-order valence-corrected chi connectivity index (χ3v) is 2.28. The second-order valence-electron chi connectivity index (χ2n) is 3.69. The lowest BCUT2D eigenvalue weighted by molar-refractivity contribution is -0.137. The third kappa shape index (κ3) is 5.14. The number of rotatable bonds is 7. The normalized spacial score (nSPS) is 10.2. The van der Waals surface area contributed by atoms with E-state index in [1.54, 1.807) is 4.68 Å². The van der Waals surface area contributed by atoms with Crippen molar-refractivity contribution >= 4 is 11.9 Å². The Kier molecular flexibility index (Phi) is 5.19. The number of nitrogens with zero attached hydrogens (tertiary/aromatic N) is 2. The van der Waals surface area contributed by atoms with E-state index in [0.29, 0.717) is 13.0 Å². The number of hydrogen-bond acceptors (Lipinski definition) is 3. The lowest BCUT2D eigenvalue weighted by Gasteiger charge is -2.02. The van der Waals surface area contributed by atoms with Gasteiger partial charge in [0.2, 0.25) is 5.91 Å². The SMILES string of the molecule is CCn1ccc(CNC(=O)CCCC(=O)O)n1. The van der Waals surface area contributed by atoms with Crippen molar-refractivity contribution in [2.75, 3.05) is 0 Å². The maximum atomic E-state index is 11.3. The summed E-state index contributed by atoms with van der Waals surface area (Å²) in [7, 11) is 0. The largest absolute Gasteiger partial charge is 0.481 e.